The smallest absolute Gasteiger partial charge is 0.325 e. The zero-order valence-corrected chi connectivity index (χ0v) is 13.5. The molecule has 0 aromatic carbocycles. The van der Waals surface area contributed by atoms with Gasteiger partial charge >= 0.3 is 5.69 Å². The number of carbonyl (C=O) groups excluding carboxylic acids is 1. The van der Waals surface area contributed by atoms with E-state index in [-0.39, 0.29) is 17.5 Å². The van der Waals surface area contributed by atoms with Gasteiger partial charge in [0, 0.05) is 30.7 Å². The molecule has 2 N–H and O–H groups in total. The lowest BCUT2D eigenvalue weighted by Gasteiger charge is -2.24. The zero-order chi connectivity index (χ0) is 17.1. The van der Waals surface area contributed by atoms with E-state index in [0.717, 1.165) is 31.4 Å². The van der Waals surface area contributed by atoms with Gasteiger partial charge in [0.25, 0.3) is 11.5 Å². The number of nitrogens with one attached hydrogen (secondary N) is 2. The average Bonchev–Trinajstić information content (AvgIpc) is 3.01. The SMILES string of the molecule is Cc1cc(CC[C@@H]2CCCN2C(=O)c2c[nH]c(=O)[nH]c2=O)ccn1. The molecule has 3 heterocycles. The fraction of sp³-hybridized carbons (Fsp3) is 0.412. The van der Waals surface area contributed by atoms with Gasteiger partial charge in [-0.2, -0.15) is 0 Å². The van der Waals surface area contributed by atoms with Crippen LogP contribution in [-0.2, 0) is 6.42 Å². The average molecular weight is 328 g/mol. The topological polar surface area (TPSA) is 98.9 Å². The second-order valence-electron chi connectivity index (χ2n) is 6.12. The van der Waals surface area contributed by atoms with E-state index in [1.807, 2.05) is 19.1 Å². The van der Waals surface area contributed by atoms with E-state index in [0.29, 0.717) is 6.54 Å². The van der Waals surface area contributed by atoms with Crippen molar-refractivity contribution in [2.24, 2.45) is 0 Å². The lowest BCUT2D eigenvalue weighted by Crippen LogP contribution is -2.40. The maximum Gasteiger partial charge on any atom is 0.325 e. The van der Waals surface area contributed by atoms with E-state index in [1.165, 1.54) is 11.8 Å². The maximum absolute atomic E-state index is 12.6. The molecule has 0 spiro atoms. The number of aromatic amines is 2. The highest BCUT2D eigenvalue weighted by molar-refractivity contribution is 5.93. The van der Waals surface area contributed by atoms with Gasteiger partial charge in [-0.1, -0.05) is 0 Å². The van der Waals surface area contributed by atoms with Crippen LogP contribution in [-0.4, -0.2) is 38.3 Å². The Morgan fingerprint density at radius 1 is 1.42 bits per heavy atom. The molecule has 1 aliphatic heterocycles. The molecule has 0 radical (unpaired) electrons. The van der Waals surface area contributed by atoms with Crippen molar-refractivity contribution in [1.29, 1.82) is 0 Å². The number of amides is 1. The molecule has 1 saturated heterocycles. The monoisotopic (exact) mass is 328 g/mol. The van der Waals surface area contributed by atoms with Crippen molar-refractivity contribution in [2.75, 3.05) is 6.54 Å². The molecule has 0 aliphatic carbocycles. The maximum atomic E-state index is 12.6. The van der Waals surface area contributed by atoms with Gasteiger partial charge in [-0.15, -0.1) is 0 Å². The van der Waals surface area contributed by atoms with Crippen molar-refractivity contribution < 1.29 is 4.79 Å². The minimum atomic E-state index is -0.640. The van der Waals surface area contributed by atoms with E-state index >= 15 is 0 Å². The third-order valence-electron chi connectivity index (χ3n) is 4.41. The van der Waals surface area contributed by atoms with Gasteiger partial charge in [-0.25, -0.2) is 4.79 Å². The largest absolute Gasteiger partial charge is 0.335 e. The number of nitrogens with zero attached hydrogens (tertiary/aromatic N) is 2. The molecular formula is C17H20N4O3. The first-order valence-electron chi connectivity index (χ1n) is 8.09. The molecule has 1 fully saturated rings. The first kappa shape index (κ1) is 16.2. The summed E-state index contributed by atoms with van der Waals surface area (Å²) in [5, 5.41) is 0. The van der Waals surface area contributed by atoms with E-state index in [2.05, 4.69) is 15.0 Å². The Morgan fingerprint density at radius 3 is 3.00 bits per heavy atom. The summed E-state index contributed by atoms with van der Waals surface area (Å²) in [5.41, 5.74) is 0.915. The van der Waals surface area contributed by atoms with E-state index in [9.17, 15) is 14.4 Å². The Balaban J connectivity index is 1.72. The number of hydrogen-bond acceptors (Lipinski definition) is 4. The predicted octanol–water partition coefficient (Wildman–Crippen LogP) is 1.00. The van der Waals surface area contributed by atoms with Crippen molar-refractivity contribution in [1.82, 2.24) is 19.9 Å². The molecule has 126 valence electrons. The molecule has 2 aromatic heterocycles. The van der Waals surface area contributed by atoms with E-state index in [4.69, 9.17) is 0 Å². The van der Waals surface area contributed by atoms with Crippen molar-refractivity contribution >= 4 is 5.91 Å². The Labute approximate surface area is 138 Å². The normalized spacial score (nSPS) is 17.2. The van der Waals surface area contributed by atoms with Crippen LogP contribution < -0.4 is 11.2 Å². The van der Waals surface area contributed by atoms with Gasteiger partial charge in [-0.3, -0.25) is 19.6 Å². The number of aryl methyl sites for hydroxylation is 2. The molecule has 1 aliphatic rings. The highest BCUT2D eigenvalue weighted by Crippen LogP contribution is 2.23. The van der Waals surface area contributed by atoms with E-state index < -0.39 is 11.2 Å². The number of H-pyrrole nitrogens is 2. The molecular weight excluding hydrogens is 308 g/mol. The fourth-order valence-electron chi connectivity index (χ4n) is 3.22. The van der Waals surface area contributed by atoms with Crippen LogP contribution in [0.15, 0.2) is 34.1 Å². The van der Waals surface area contributed by atoms with Crippen LogP contribution in [0.2, 0.25) is 0 Å². The van der Waals surface area contributed by atoms with Gasteiger partial charge in [0.15, 0.2) is 0 Å². The molecule has 2 aromatic rings. The Hall–Kier alpha value is -2.70. The van der Waals surface area contributed by atoms with Gasteiger partial charge in [0.2, 0.25) is 0 Å². The summed E-state index contributed by atoms with van der Waals surface area (Å²) in [4.78, 5) is 46.0. The number of likely N-dealkylation sites (tertiary alicyclic amines) is 1. The minimum absolute atomic E-state index is 0.0127. The van der Waals surface area contributed by atoms with Crippen LogP contribution in [0.25, 0.3) is 0 Å². The fourth-order valence-corrected chi connectivity index (χ4v) is 3.22. The van der Waals surface area contributed by atoms with Crippen LogP contribution >= 0.6 is 0 Å². The summed E-state index contributed by atoms with van der Waals surface area (Å²) in [7, 11) is 0. The molecule has 1 atom stereocenters. The first-order valence-corrected chi connectivity index (χ1v) is 8.09. The summed E-state index contributed by atoms with van der Waals surface area (Å²) in [6.07, 6.45) is 6.55. The quantitative estimate of drug-likeness (QED) is 0.875. The number of rotatable bonds is 4. The molecule has 24 heavy (non-hydrogen) atoms. The highest BCUT2D eigenvalue weighted by Gasteiger charge is 2.30. The lowest BCUT2D eigenvalue weighted by molar-refractivity contribution is 0.0728. The summed E-state index contributed by atoms with van der Waals surface area (Å²) in [6.45, 7) is 2.59. The number of aromatic nitrogens is 3. The van der Waals surface area contributed by atoms with Crippen molar-refractivity contribution in [3.8, 4) is 0 Å². The minimum Gasteiger partial charge on any atom is -0.335 e. The lowest BCUT2D eigenvalue weighted by atomic mass is 10.0. The van der Waals surface area contributed by atoms with Gasteiger partial charge in [0.1, 0.15) is 5.56 Å². The molecule has 7 nitrogen and oxygen atoms in total. The van der Waals surface area contributed by atoms with Gasteiger partial charge in [0.05, 0.1) is 0 Å². The summed E-state index contributed by atoms with van der Waals surface area (Å²) < 4.78 is 0. The second kappa shape index (κ2) is 6.82. The van der Waals surface area contributed by atoms with Crippen molar-refractivity contribution in [2.45, 2.75) is 38.6 Å². The molecule has 1 amide bonds. The first-order chi connectivity index (χ1) is 11.5. The van der Waals surface area contributed by atoms with Crippen LogP contribution in [0.1, 0.15) is 40.9 Å². The molecule has 3 rings (SSSR count). The zero-order valence-electron chi connectivity index (χ0n) is 13.5. The molecule has 0 saturated carbocycles. The number of carbonyl (C=O) groups is 1. The van der Waals surface area contributed by atoms with Crippen LogP contribution in [0.4, 0.5) is 0 Å². The summed E-state index contributed by atoms with van der Waals surface area (Å²) in [5.74, 6) is -0.319. The van der Waals surface area contributed by atoms with Gasteiger partial charge in [-0.05, 0) is 50.3 Å². The van der Waals surface area contributed by atoms with Gasteiger partial charge < -0.3 is 9.88 Å². The third-order valence-corrected chi connectivity index (χ3v) is 4.41. The van der Waals surface area contributed by atoms with Crippen molar-refractivity contribution in [3.63, 3.8) is 0 Å². The standard InChI is InChI=1S/C17H20N4O3/c1-11-9-12(6-7-18-11)4-5-13-3-2-8-21(13)16(23)14-10-19-17(24)20-15(14)22/h6-7,9-10,13H,2-5,8H2,1H3,(H2,19,20,22,24)/t13-/m0/s1. The van der Waals surface area contributed by atoms with Crippen LogP contribution in [0.5, 0.6) is 0 Å². The third kappa shape index (κ3) is 3.45. The van der Waals surface area contributed by atoms with E-state index in [1.54, 1.807) is 11.1 Å². The Morgan fingerprint density at radius 2 is 2.25 bits per heavy atom. The Kier molecular flexibility index (Phi) is 4.59. The number of pyridine rings is 1. The summed E-state index contributed by atoms with van der Waals surface area (Å²) in [6, 6.07) is 4.14. The Bertz CT molecular complexity index is 855. The van der Waals surface area contributed by atoms with Crippen molar-refractivity contribution in [3.05, 3.63) is 62.2 Å². The molecule has 7 heteroatoms. The predicted molar refractivity (Wildman–Crippen MR) is 89.0 cm³/mol. The van der Waals surface area contributed by atoms with Crippen LogP contribution in [0.3, 0.4) is 0 Å². The highest BCUT2D eigenvalue weighted by atomic mass is 16.2. The summed E-state index contributed by atoms with van der Waals surface area (Å²) >= 11 is 0. The second-order valence-corrected chi connectivity index (χ2v) is 6.12. The van der Waals surface area contributed by atoms with Crippen LogP contribution in [0, 0.1) is 6.92 Å². The molecule has 0 bridgehead atoms. The number of hydrogen-bond donors (Lipinski definition) is 2. The molecule has 0 unspecified atom stereocenters.